The highest BCUT2D eigenvalue weighted by Crippen LogP contribution is 2.16. The Morgan fingerprint density at radius 3 is 3.06 bits per heavy atom. The zero-order valence-corrected chi connectivity index (χ0v) is 10.3. The van der Waals surface area contributed by atoms with Crippen molar-refractivity contribution in [3.8, 4) is 0 Å². The van der Waals surface area contributed by atoms with Gasteiger partial charge in [0.2, 0.25) is 5.95 Å². The molecule has 0 fully saturated rings. The average molecular weight is 235 g/mol. The third kappa shape index (κ3) is 2.96. The number of imidazole rings is 1. The van der Waals surface area contributed by atoms with Crippen LogP contribution in [-0.2, 0) is 0 Å². The lowest BCUT2D eigenvalue weighted by atomic mass is 10.1. The molecular weight excluding hydrogens is 217 g/mol. The SMILES string of the molecule is CCCCC(C)Nc1nc2ccc(F)cc2[nH]1. The summed E-state index contributed by atoms with van der Waals surface area (Å²) in [4.78, 5) is 7.45. The first-order chi connectivity index (χ1) is 8.19. The second-order valence-electron chi connectivity index (χ2n) is 4.43. The van der Waals surface area contributed by atoms with Gasteiger partial charge in [0.15, 0.2) is 0 Å². The fourth-order valence-corrected chi connectivity index (χ4v) is 1.87. The molecule has 1 aromatic carbocycles. The van der Waals surface area contributed by atoms with Gasteiger partial charge in [-0.25, -0.2) is 9.37 Å². The van der Waals surface area contributed by atoms with E-state index < -0.39 is 0 Å². The number of H-pyrrole nitrogens is 1. The number of fused-ring (bicyclic) bond motifs is 1. The molecule has 0 aliphatic heterocycles. The molecule has 2 aromatic rings. The number of aromatic nitrogens is 2. The second kappa shape index (κ2) is 5.17. The molecule has 1 heterocycles. The topological polar surface area (TPSA) is 40.7 Å². The summed E-state index contributed by atoms with van der Waals surface area (Å²) in [6, 6.07) is 4.95. The van der Waals surface area contributed by atoms with Crippen molar-refractivity contribution < 1.29 is 4.39 Å². The van der Waals surface area contributed by atoms with Crippen LogP contribution in [0.4, 0.5) is 10.3 Å². The van der Waals surface area contributed by atoms with Crippen molar-refractivity contribution in [2.45, 2.75) is 39.2 Å². The van der Waals surface area contributed by atoms with E-state index >= 15 is 0 Å². The van der Waals surface area contributed by atoms with Gasteiger partial charge in [0, 0.05) is 6.04 Å². The summed E-state index contributed by atoms with van der Waals surface area (Å²) in [5, 5.41) is 3.30. The first-order valence-electron chi connectivity index (χ1n) is 6.11. The van der Waals surface area contributed by atoms with Crippen LogP contribution in [0.3, 0.4) is 0 Å². The standard InChI is InChI=1S/C13H18FN3/c1-3-4-5-9(2)15-13-16-11-7-6-10(14)8-12(11)17-13/h6-9H,3-5H2,1-2H3,(H2,15,16,17). The number of hydrogen-bond acceptors (Lipinski definition) is 2. The normalized spacial score (nSPS) is 12.9. The highest BCUT2D eigenvalue weighted by Gasteiger charge is 2.06. The molecule has 0 aliphatic carbocycles. The van der Waals surface area contributed by atoms with Gasteiger partial charge in [-0.1, -0.05) is 19.8 Å². The minimum atomic E-state index is -0.244. The van der Waals surface area contributed by atoms with Gasteiger partial charge in [-0.2, -0.15) is 0 Å². The summed E-state index contributed by atoms with van der Waals surface area (Å²) >= 11 is 0. The number of nitrogens with zero attached hydrogens (tertiary/aromatic N) is 1. The summed E-state index contributed by atoms with van der Waals surface area (Å²) in [6.07, 6.45) is 3.50. The fourth-order valence-electron chi connectivity index (χ4n) is 1.87. The van der Waals surface area contributed by atoms with Crippen LogP contribution in [0.2, 0.25) is 0 Å². The summed E-state index contributed by atoms with van der Waals surface area (Å²) in [5.74, 6) is 0.473. The van der Waals surface area contributed by atoms with Crippen LogP contribution in [0.1, 0.15) is 33.1 Å². The Hall–Kier alpha value is -1.58. The van der Waals surface area contributed by atoms with Crippen molar-refractivity contribution >= 4 is 17.0 Å². The minimum Gasteiger partial charge on any atom is -0.353 e. The van der Waals surface area contributed by atoms with E-state index in [4.69, 9.17) is 0 Å². The van der Waals surface area contributed by atoms with Gasteiger partial charge in [0.1, 0.15) is 5.82 Å². The maximum atomic E-state index is 13.0. The second-order valence-corrected chi connectivity index (χ2v) is 4.43. The Morgan fingerprint density at radius 1 is 1.47 bits per heavy atom. The number of halogens is 1. The van der Waals surface area contributed by atoms with E-state index in [1.54, 1.807) is 6.07 Å². The molecule has 17 heavy (non-hydrogen) atoms. The average Bonchev–Trinajstić information content (AvgIpc) is 2.67. The Kier molecular flexibility index (Phi) is 3.61. The molecule has 0 saturated heterocycles. The van der Waals surface area contributed by atoms with Crippen molar-refractivity contribution in [3.63, 3.8) is 0 Å². The van der Waals surface area contributed by atoms with Gasteiger partial charge in [-0.3, -0.25) is 0 Å². The molecule has 0 bridgehead atoms. The van der Waals surface area contributed by atoms with E-state index in [1.807, 2.05) is 0 Å². The molecule has 3 nitrogen and oxygen atoms in total. The zero-order chi connectivity index (χ0) is 12.3. The van der Waals surface area contributed by atoms with Crippen molar-refractivity contribution in [1.82, 2.24) is 9.97 Å². The molecule has 1 unspecified atom stereocenters. The number of rotatable bonds is 5. The monoisotopic (exact) mass is 235 g/mol. The van der Waals surface area contributed by atoms with Gasteiger partial charge < -0.3 is 10.3 Å². The van der Waals surface area contributed by atoms with Crippen LogP contribution in [0.25, 0.3) is 11.0 Å². The van der Waals surface area contributed by atoms with Crippen molar-refractivity contribution in [2.24, 2.45) is 0 Å². The molecule has 1 atom stereocenters. The summed E-state index contributed by atoms with van der Waals surface area (Å²) in [5.41, 5.74) is 1.52. The summed E-state index contributed by atoms with van der Waals surface area (Å²) in [7, 11) is 0. The lowest BCUT2D eigenvalue weighted by Gasteiger charge is -2.11. The molecule has 2 rings (SSSR count). The van der Waals surface area contributed by atoms with Crippen LogP contribution < -0.4 is 5.32 Å². The third-order valence-electron chi connectivity index (χ3n) is 2.82. The number of unbranched alkanes of at least 4 members (excludes halogenated alkanes) is 1. The van der Waals surface area contributed by atoms with Crippen LogP contribution in [0, 0.1) is 5.82 Å². The molecule has 1 aromatic heterocycles. The molecule has 92 valence electrons. The van der Waals surface area contributed by atoms with Crippen LogP contribution >= 0.6 is 0 Å². The van der Waals surface area contributed by atoms with Crippen LogP contribution in [0.15, 0.2) is 18.2 Å². The molecule has 4 heteroatoms. The molecule has 0 radical (unpaired) electrons. The quantitative estimate of drug-likeness (QED) is 0.829. The third-order valence-corrected chi connectivity index (χ3v) is 2.82. The summed E-state index contributed by atoms with van der Waals surface area (Å²) < 4.78 is 13.0. The smallest absolute Gasteiger partial charge is 0.201 e. The molecular formula is C13H18FN3. The highest BCUT2D eigenvalue weighted by molar-refractivity contribution is 5.77. The number of anilines is 1. The number of benzene rings is 1. The Morgan fingerprint density at radius 2 is 2.29 bits per heavy atom. The van der Waals surface area contributed by atoms with Crippen molar-refractivity contribution in [2.75, 3.05) is 5.32 Å². The Balaban J connectivity index is 2.08. The lowest BCUT2D eigenvalue weighted by molar-refractivity contribution is 0.629. The van der Waals surface area contributed by atoms with E-state index in [9.17, 15) is 4.39 Å². The zero-order valence-electron chi connectivity index (χ0n) is 10.3. The van der Waals surface area contributed by atoms with Gasteiger partial charge in [-0.15, -0.1) is 0 Å². The van der Waals surface area contributed by atoms with Crippen molar-refractivity contribution in [3.05, 3.63) is 24.0 Å². The maximum Gasteiger partial charge on any atom is 0.201 e. The first-order valence-corrected chi connectivity index (χ1v) is 6.11. The van der Waals surface area contributed by atoms with Gasteiger partial charge in [0.25, 0.3) is 0 Å². The van der Waals surface area contributed by atoms with Gasteiger partial charge in [-0.05, 0) is 31.5 Å². The van der Waals surface area contributed by atoms with E-state index in [0.29, 0.717) is 12.0 Å². The van der Waals surface area contributed by atoms with Gasteiger partial charge in [0.05, 0.1) is 11.0 Å². The minimum absolute atomic E-state index is 0.244. The highest BCUT2D eigenvalue weighted by atomic mass is 19.1. The van der Waals surface area contributed by atoms with Crippen molar-refractivity contribution in [1.29, 1.82) is 0 Å². The van der Waals surface area contributed by atoms with Gasteiger partial charge >= 0.3 is 0 Å². The largest absolute Gasteiger partial charge is 0.353 e. The van der Waals surface area contributed by atoms with E-state index in [2.05, 4.69) is 29.1 Å². The lowest BCUT2D eigenvalue weighted by Crippen LogP contribution is -2.15. The Labute approximate surface area is 100 Å². The molecule has 0 spiro atoms. The van der Waals surface area contributed by atoms with Crippen LogP contribution in [0.5, 0.6) is 0 Å². The molecule has 0 aliphatic rings. The number of nitrogens with one attached hydrogen (secondary N) is 2. The molecule has 2 N–H and O–H groups in total. The predicted octanol–water partition coefficient (Wildman–Crippen LogP) is 3.69. The maximum absolute atomic E-state index is 13.0. The predicted molar refractivity (Wildman–Crippen MR) is 68.7 cm³/mol. The Bertz CT molecular complexity index is 492. The molecule has 0 saturated carbocycles. The molecule has 0 amide bonds. The first kappa shape index (κ1) is 11.9. The summed E-state index contributed by atoms with van der Waals surface area (Å²) in [6.45, 7) is 4.31. The van der Waals surface area contributed by atoms with E-state index in [1.165, 1.54) is 25.0 Å². The van der Waals surface area contributed by atoms with E-state index in [0.717, 1.165) is 17.5 Å². The van der Waals surface area contributed by atoms with Crippen LogP contribution in [-0.4, -0.2) is 16.0 Å². The number of hydrogen-bond donors (Lipinski definition) is 2. The number of aromatic amines is 1. The van der Waals surface area contributed by atoms with E-state index in [-0.39, 0.29) is 5.82 Å². The fraction of sp³-hybridized carbons (Fsp3) is 0.462.